The molecular weight excluding hydrogens is 250 g/mol. The first kappa shape index (κ1) is 12.0. The Labute approximate surface area is 118 Å². The molecule has 2 N–H and O–H groups in total. The minimum Gasteiger partial charge on any atom is -0.382 e. The zero-order valence-electron chi connectivity index (χ0n) is 11.5. The van der Waals surface area contributed by atoms with Crippen molar-refractivity contribution in [3.63, 3.8) is 0 Å². The number of fused-ring (bicyclic) bond motifs is 3. The van der Waals surface area contributed by atoms with E-state index in [0.717, 1.165) is 50.3 Å². The summed E-state index contributed by atoms with van der Waals surface area (Å²) < 4.78 is 5.52. The molecule has 0 unspecified atom stereocenters. The highest BCUT2D eigenvalue weighted by Gasteiger charge is 2.34. The summed E-state index contributed by atoms with van der Waals surface area (Å²) in [4.78, 5) is 4.54. The molecule has 0 atom stereocenters. The van der Waals surface area contributed by atoms with Crippen molar-refractivity contribution in [2.75, 3.05) is 36.9 Å². The lowest BCUT2D eigenvalue weighted by Crippen LogP contribution is -2.40. The molecule has 1 spiro atoms. The number of pyridine rings is 1. The van der Waals surface area contributed by atoms with Gasteiger partial charge < -0.3 is 15.4 Å². The lowest BCUT2D eigenvalue weighted by Gasteiger charge is -2.36. The molecule has 4 heteroatoms. The molecule has 104 valence electrons. The summed E-state index contributed by atoms with van der Waals surface area (Å²) in [6.45, 7) is 3.75. The molecule has 1 aromatic heterocycles. The van der Waals surface area contributed by atoms with Gasteiger partial charge in [-0.2, -0.15) is 0 Å². The van der Waals surface area contributed by atoms with E-state index in [1.165, 1.54) is 11.1 Å². The van der Waals surface area contributed by atoms with Crippen molar-refractivity contribution in [1.29, 1.82) is 0 Å². The number of nitrogens with one attached hydrogen (secondary N) is 2. The number of para-hydroxylation sites is 1. The van der Waals surface area contributed by atoms with Crippen LogP contribution in [0.25, 0.3) is 10.9 Å². The minimum absolute atomic E-state index is 0.304. The topological polar surface area (TPSA) is 46.2 Å². The summed E-state index contributed by atoms with van der Waals surface area (Å²) in [5.74, 6) is 0. The second kappa shape index (κ2) is 4.63. The van der Waals surface area contributed by atoms with Crippen LogP contribution in [0.4, 0.5) is 11.4 Å². The van der Waals surface area contributed by atoms with Gasteiger partial charge in [0.05, 0.1) is 23.1 Å². The van der Waals surface area contributed by atoms with E-state index in [2.05, 4.69) is 33.8 Å². The van der Waals surface area contributed by atoms with Crippen LogP contribution < -0.4 is 10.6 Å². The monoisotopic (exact) mass is 269 g/mol. The number of nitrogens with zero attached hydrogens (tertiary/aromatic N) is 1. The zero-order chi connectivity index (χ0) is 13.4. The fourth-order valence-electron chi connectivity index (χ4n) is 3.24. The molecule has 4 rings (SSSR count). The molecule has 3 heterocycles. The molecule has 20 heavy (non-hydrogen) atoms. The normalized spacial score (nSPS) is 20.8. The maximum Gasteiger partial charge on any atom is 0.0769 e. The Morgan fingerprint density at radius 3 is 2.75 bits per heavy atom. The van der Waals surface area contributed by atoms with Gasteiger partial charge in [0, 0.05) is 37.1 Å². The number of anilines is 2. The largest absolute Gasteiger partial charge is 0.382 e. The smallest absolute Gasteiger partial charge is 0.0769 e. The van der Waals surface area contributed by atoms with Gasteiger partial charge in [-0.05, 0) is 18.9 Å². The van der Waals surface area contributed by atoms with E-state index in [1.807, 2.05) is 12.3 Å². The van der Waals surface area contributed by atoms with Gasteiger partial charge in [-0.3, -0.25) is 4.98 Å². The molecule has 0 aliphatic carbocycles. The van der Waals surface area contributed by atoms with Gasteiger partial charge >= 0.3 is 0 Å². The van der Waals surface area contributed by atoms with Gasteiger partial charge in [0.2, 0.25) is 0 Å². The van der Waals surface area contributed by atoms with Crippen molar-refractivity contribution in [1.82, 2.24) is 4.98 Å². The molecular formula is C16H19N3O. The summed E-state index contributed by atoms with van der Waals surface area (Å²) in [6, 6.07) is 8.30. The maximum atomic E-state index is 5.52. The average molecular weight is 269 g/mol. The Morgan fingerprint density at radius 1 is 1.05 bits per heavy atom. The molecule has 1 fully saturated rings. The molecule has 0 amide bonds. The third-order valence-electron chi connectivity index (χ3n) is 4.62. The van der Waals surface area contributed by atoms with Gasteiger partial charge in [-0.15, -0.1) is 0 Å². The number of ether oxygens (including phenoxy) is 1. The summed E-state index contributed by atoms with van der Waals surface area (Å²) >= 11 is 0. The SMILES string of the molecule is c1ccc2c3c(cnc2c1)NCC1(CCOCC1)CN3. The first-order valence-corrected chi connectivity index (χ1v) is 7.30. The predicted octanol–water partition coefficient (Wildman–Crippen LogP) is 2.87. The van der Waals surface area contributed by atoms with E-state index in [9.17, 15) is 0 Å². The van der Waals surface area contributed by atoms with Gasteiger partial charge in [-0.25, -0.2) is 0 Å². The molecule has 1 saturated heterocycles. The van der Waals surface area contributed by atoms with E-state index in [4.69, 9.17) is 4.74 Å². The second-order valence-corrected chi connectivity index (χ2v) is 5.88. The maximum absolute atomic E-state index is 5.52. The number of benzene rings is 1. The Balaban J connectivity index is 1.73. The molecule has 0 bridgehead atoms. The third-order valence-corrected chi connectivity index (χ3v) is 4.62. The van der Waals surface area contributed by atoms with Gasteiger partial charge in [-0.1, -0.05) is 18.2 Å². The Bertz CT molecular complexity index is 635. The van der Waals surface area contributed by atoms with Crippen LogP contribution in [0.3, 0.4) is 0 Å². The number of hydrogen-bond acceptors (Lipinski definition) is 4. The van der Waals surface area contributed by atoms with E-state index >= 15 is 0 Å². The van der Waals surface area contributed by atoms with E-state index < -0.39 is 0 Å². The predicted molar refractivity (Wildman–Crippen MR) is 81.2 cm³/mol. The van der Waals surface area contributed by atoms with Gasteiger partial charge in [0.25, 0.3) is 0 Å². The molecule has 4 nitrogen and oxygen atoms in total. The number of aromatic nitrogens is 1. The van der Waals surface area contributed by atoms with Gasteiger partial charge in [0.15, 0.2) is 0 Å². The second-order valence-electron chi connectivity index (χ2n) is 5.88. The molecule has 1 aromatic carbocycles. The zero-order valence-corrected chi connectivity index (χ0v) is 11.5. The minimum atomic E-state index is 0.304. The van der Waals surface area contributed by atoms with Crippen LogP contribution in [0.15, 0.2) is 30.5 Å². The molecule has 0 saturated carbocycles. The molecule has 0 radical (unpaired) electrons. The summed E-state index contributed by atoms with van der Waals surface area (Å²) in [5, 5.41) is 8.46. The first-order valence-electron chi connectivity index (χ1n) is 7.30. The summed E-state index contributed by atoms with van der Waals surface area (Å²) in [7, 11) is 0. The van der Waals surface area contributed by atoms with Crippen molar-refractivity contribution in [3.8, 4) is 0 Å². The highest BCUT2D eigenvalue weighted by Crippen LogP contribution is 2.38. The quantitative estimate of drug-likeness (QED) is 0.772. The van der Waals surface area contributed by atoms with Crippen LogP contribution in [-0.2, 0) is 4.74 Å². The van der Waals surface area contributed by atoms with Crippen molar-refractivity contribution in [3.05, 3.63) is 30.5 Å². The molecule has 2 aliphatic heterocycles. The van der Waals surface area contributed by atoms with E-state index in [-0.39, 0.29) is 0 Å². The molecule has 2 aromatic rings. The summed E-state index contributed by atoms with van der Waals surface area (Å²) in [6.07, 6.45) is 4.18. The fourth-order valence-corrected chi connectivity index (χ4v) is 3.24. The number of rotatable bonds is 0. The highest BCUT2D eigenvalue weighted by atomic mass is 16.5. The van der Waals surface area contributed by atoms with Crippen molar-refractivity contribution in [2.45, 2.75) is 12.8 Å². The standard InChI is InChI=1S/C16H19N3O/c1-2-4-13-12(3-1)15-14(9-17-13)18-10-16(11-19-15)5-7-20-8-6-16/h1-4,9,18-19H,5-8,10-11H2. The van der Waals surface area contributed by atoms with E-state index in [0.29, 0.717) is 5.41 Å². The highest BCUT2D eigenvalue weighted by molar-refractivity contribution is 5.97. The van der Waals surface area contributed by atoms with Crippen molar-refractivity contribution in [2.24, 2.45) is 5.41 Å². The van der Waals surface area contributed by atoms with Crippen molar-refractivity contribution < 1.29 is 4.74 Å². The van der Waals surface area contributed by atoms with Crippen LogP contribution in [0, 0.1) is 5.41 Å². The number of hydrogen-bond donors (Lipinski definition) is 2. The first-order chi connectivity index (χ1) is 9.86. The Morgan fingerprint density at radius 2 is 1.85 bits per heavy atom. The van der Waals surface area contributed by atoms with Crippen LogP contribution in [0.1, 0.15) is 12.8 Å². The van der Waals surface area contributed by atoms with E-state index in [1.54, 1.807) is 0 Å². The lowest BCUT2D eigenvalue weighted by atomic mass is 9.80. The van der Waals surface area contributed by atoms with Crippen LogP contribution in [-0.4, -0.2) is 31.3 Å². The molecule has 2 aliphatic rings. The van der Waals surface area contributed by atoms with Crippen LogP contribution in [0.2, 0.25) is 0 Å². The fraction of sp³-hybridized carbons (Fsp3) is 0.438. The summed E-state index contributed by atoms with van der Waals surface area (Å²) in [5.41, 5.74) is 3.66. The van der Waals surface area contributed by atoms with Crippen molar-refractivity contribution >= 4 is 22.3 Å². The Hall–Kier alpha value is -1.81. The third kappa shape index (κ3) is 1.91. The average Bonchev–Trinajstić information content (AvgIpc) is 2.69. The van der Waals surface area contributed by atoms with Gasteiger partial charge in [0.1, 0.15) is 0 Å². The van der Waals surface area contributed by atoms with Crippen LogP contribution >= 0.6 is 0 Å². The Kier molecular flexibility index (Phi) is 2.77. The lowest BCUT2D eigenvalue weighted by molar-refractivity contribution is 0.0276. The van der Waals surface area contributed by atoms with Crippen LogP contribution in [0.5, 0.6) is 0 Å².